The minimum atomic E-state index is -0.747. The number of hydrogen-bond donors (Lipinski definition) is 3. The largest absolute Gasteiger partial charge is 0.357 e. The van der Waals surface area contributed by atoms with E-state index in [2.05, 4.69) is 31.0 Å². The molecular weight excluding hydrogens is 518 g/mol. The molecule has 5 aromatic rings. The highest BCUT2D eigenvalue weighted by Gasteiger charge is 2.17. The molecule has 0 saturated carbocycles. The van der Waals surface area contributed by atoms with E-state index in [4.69, 9.17) is 0 Å². The van der Waals surface area contributed by atoms with Crippen LogP contribution >= 0.6 is 0 Å². The van der Waals surface area contributed by atoms with Crippen molar-refractivity contribution in [2.45, 2.75) is 19.8 Å². The molecule has 204 valence electrons. The Labute approximate surface area is 227 Å². The number of aryl methyl sites for hydroxylation is 1. The fraction of sp³-hybridized carbons (Fsp3) is 0.179. The van der Waals surface area contributed by atoms with E-state index >= 15 is 0 Å². The molecule has 2 amide bonds. The van der Waals surface area contributed by atoms with Gasteiger partial charge in [0.2, 0.25) is 5.95 Å². The van der Waals surface area contributed by atoms with Crippen molar-refractivity contribution in [1.29, 1.82) is 0 Å². The number of halogens is 2. The van der Waals surface area contributed by atoms with Crippen molar-refractivity contribution in [3.8, 4) is 16.8 Å². The van der Waals surface area contributed by atoms with Crippen molar-refractivity contribution in [3.63, 3.8) is 0 Å². The summed E-state index contributed by atoms with van der Waals surface area (Å²) in [6.07, 6.45) is 1.58. The summed E-state index contributed by atoms with van der Waals surface area (Å²) in [6.45, 7) is 3.87. The number of hydrogen-bond acceptors (Lipinski definition) is 6. The van der Waals surface area contributed by atoms with Crippen LogP contribution in [-0.4, -0.2) is 37.4 Å². The third-order valence-electron chi connectivity index (χ3n) is 6.31. The average molecular weight is 545 g/mol. The third kappa shape index (κ3) is 5.10. The van der Waals surface area contributed by atoms with E-state index in [1.54, 1.807) is 38.5 Å². The van der Waals surface area contributed by atoms with Gasteiger partial charge in [-0.1, -0.05) is 26.0 Å². The zero-order valence-electron chi connectivity index (χ0n) is 22.2. The number of nitrogens with zero attached hydrogens (tertiary/aromatic N) is 5. The number of amides is 2. The van der Waals surface area contributed by atoms with E-state index in [-0.39, 0.29) is 28.5 Å². The van der Waals surface area contributed by atoms with Crippen molar-refractivity contribution in [3.05, 3.63) is 88.5 Å². The SMILES string of the molecule is CNc1ncc2cc(-c3ccc(F)c(NC(=O)Nc4cc(C(C)C)nn4-c4cccc(F)c4)c3)c(=O)n(C)c2n1. The maximum absolute atomic E-state index is 14.8. The minimum absolute atomic E-state index is 0.0346. The van der Waals surface area contributed by atoms with Gasteiger partial charge in [0, 0.05) is 37.3 Å². The molecular formula is C28H26F2N8O2. The Kier molecular flexibility index (Phi) is 6.99. The summed E-state index contributed by atoms with van der Waals surface area (Å²) in [7, 11) is 3.26. The second-order valence-electron chi connectivity index (χ2n) is 9.42. The Morgan fingerprint density at radius 1 is 1.02 bits per heavy atom. The van der Waals surface area contributed by atoms with Gasteiger partial charge in [0.15, 0.2) is 0 Å². The summed E-state index contributed by atoms with van der Waals surface area (Å²) in [5.74, 6) is -0.476. The van der Waals surface area contributed by atoms with Gasteiger partial charge >= 0.3 is 6.03 Å². The Bertz CT molecular complexity index is 1810. The topological polar surface area (TPSA) is 119 Å². The van der Waals surface area contributed by atoms with Gasteiger partial charge in [0.05, 0.1) is 17.1 Å². The van der Waals surface area contributed by atoms with Gasteiger partial charge in [-0.3, -0.25) is 14.7 Å². The molecule has 3 aromatic heterocycles. The number of carbonyl (C=O) groups excluding carboxylic acids is 1. The molecule has 0 saturated heterocycles. The molecule has 40 heavy (non-hydrogen) atoms. The standard InChI is InChI=1S/C28H26F2N8O2/c1-15(2)22-13-24(38(36-22)19-7-5-6-18(29)12-19)34-28(40)33-23-11-16(8-9-21(23)30)20-10-17-14-32-27(31-3)35-25(17)37(4)26(20)39/h5-15H,1-4H3,(H,31,32,35)(H2,33,34,40). The van der Waals surface area contributed by atoms with Gasteiger partial charge in [0.1, 0.15) is 23.1 Å². The van der Waals surface area contributed by atoms with Crippen molar-refractivity contribution in [1.82, 2.24) is 24.3 Å². The van der Waals surface area contributed by atoms with E-state index in [1.807, 2.05) is 13.8 Å². The number of fused-ring (bicyclic) bond motifs is 1. The van der Waals surface area contributed by atoms with Gasteiger partial charge in [-0.15, -0.1) is 0 Å². The summed E-state index contributed by atoms with van der Waals surface area (Å²) in [4.78, 5) is 34.7. The molecule has 0 atom stereocenters. The molecule has 3 N–H and O–H groups in total. The van der Waals surface area contributed by atoms with E-state index in [0.29, 0.717) is 33.9 Å². The van der Waals surface area contributed by atoms with Crippen LogP contribution in [0.1, 0.15) is 25.5 Å². The number of anilines is 3. The summed E-state index contributed by atoms with van der Waals surface area (Å²) in [6, 6.07) is 12.3. The first-order valence-electron chi connectivity index (χ1n) is 12.4. The lowest BCUT2D eigenvalue weighted by Gasteiger charge is -2.13. The molecule has 5 rings (SSSR count). The molecule has 0 aliphatic rings. The van der Waals surface area contributed by atoms with E-state index < -0.39 is 17.7 Å². The lowest BCUT2D eigenvalue weighted by atomic mass is 10.1. The predicted molar refractivity (Wildman–Crippen MR) is 150 cm³/mol. The molecule has 0 radical (unpaired) electrons. The fourth-order valence-electron chi connectivity index (χ4n) is 4.21. The molecule has 10 nitrogen and oxygen atoms in total. The van der Waals surface area contributed by atoms with Crippen LogP contribution in [-0.2, 0) is 7.05 Å². The highest BCUT2D eigenvalue weighted by atomic mass is 19.1. The second kappa shape index (κ2) is 10.6. The zero-order valence-corrected chi connectivity index (χ0v) is 22.2. The highest BCUT2D eigenvalue weighted by Crippen LogP contribution is 2.26. The normalized spacial score (nSPS) is 11.2. The maximum atomic E-state index is 14.8. The first-order chi connectivity index (χ1) is 19.1. The van der Waals surface area contributed by atoms with Gasteiger partial charge in [-0.05, 0) is 47.9 Å². The van der Waals surface area contributed by atoms with E-state index in [1.165, 1.54) is 45.6 Å². The Morgan fingerprint density at radius 3 is 2.55 bits per heavy atom. The van der Waals surface area contributed by atoms with E-state index in [0.717, 1.165) is 0 Å². The maximum Gasteiger partial charge on any atom is 0.324 e. The van der Waals surface area contributed by atoms with Crippen molar-refractivity contribution in [2.75, 3.05) is 23.0 Å². The van der Waals surface area contributed by atoms with Crippen molar-refractivity contribution >= 4 is 34.5 Å². The molecule has 2 aromatic carbocycles. The van der Waals surface area contributed by atoms with Crippen LogP contribution in [0.4, 0.5) is 31.0 Å². The third-order valence-corrected chi connectivity index (χ3v) is 6.31. The summed E-state index contributed by atoms with van der Waals surface area (Å²) in [5.41, 5.74) is 1.70. The number of benzene rings is 2. The molecule has 0 aliphatic carbocycles. The first kappa shape index (κ1) is 26.5. The average Bonchev–Trinajstić information content (AvgIpc) is 3.36. The number of carbonyl (C=O) groups is 1. The Balaban J connectivity index is 1.46. The van der Waals surface area contributed by atoms with Gasteiger partial charge in [-0.25, -0.2) is 23.2 Å². The van der Waals surface area contributed by atoms with Crippen molar-refractivity contribution in [2.24, 2.45) is 7.05 Å². The quantitative estimate of drug-likeness (QED) is 0.268. The Morgan fingerprint density at radius 2 is 1.82 bits per heavy atom. The van der Waals surface area contributed by atoms with Gasteiger partial charge in [0.25, 0.3) is 5.56 Å². The second-order valence-corrected chi connectivity index (χ2v) is 9.42. The van der Waals surface area contributed by atoms with Crippen molar-refractivity contribution < 1.29 is 13.6 Å². The van der Waals surface area contributed by atoms with Crippen LogP contribution in [0.15, 0.2) is 65.6 Å². The number of urea groups is 1. The monoisotopic (exact) mass is 544 g/mol. The summed E-state index contributed by atoms with van der Waals surface area (Å²) >= 11 is 0. The van der Waals surface area contributed by atoms with Crippen LogP contribution in [0.2, 0.25) is 0 Å². The van der Waals surface area contributed by atoms with Gasteiger partial charge < -0.3 is 10.6 Å². The molecule has 0 unspecified atom stereocenters. The smallest absolute Gasteiger partial charge is 0.324 e. The molecule has 0 aliphatic heterocycles. The van der Waals surface area contributed by atoms with Crippen LogP contribution in [0.25, 0.3) is 27.8 Å². The molecule has 3 heterocycles. The van der Waals surface area contributed by atoms with Crippen LogP contribution in [0.3, 0.4) is 0 Å². The lowest BCUT2D eigenvalue weighted by Crippen LogP contribution is -2.22. The van der Waals surface area contributed by atoms with Gasteiger partial charge in [-0.2, -0.15) is 10.1 Å². The van der Waals surface area contributed by atoms with E-state index in [9.17, 15) is 18.4 Å². The number of aromatic nitrogens is 5. The predicted octanol–water partition coefficient (Wildman–Crippen LogP) is 5.27. The first-order valence-corrected chi connectivity index (χ1v) is 12.4. The Hall–Kier alpha value is -5.13. The molecule has 12 heteroatoms. The molecule has 0 spiro atoms. The molecule has 0 bridgehead atoms. The minimum Gasteiger partial charge on any atom is -0.357 e. The van der Waals surface area contributed by atoms with Crippen LogP contribution < -0.4 is 21.5 Å². The summed E-state index contributed by atoms with van der Waals surface area (Å²) < 4.78 is 31.5. The highest BCUT2D eigenvalue weighted by molar-refractivity contribution is 6.00. The molecule has 0 fully saturated rings. The van der Waals surface area contributed by atoms with Crippen LogP contribution in [0.5, 0.6) is 0 Å². The lowest BCUT2D eigenvalue weighted by molar-refractivity contribution is 0.262. The van der Waals surface area contributed by atoms with Crippen LogP contribution in [0, 0.1) is 11.6 Å². The zero-order chi connectivity index (χ0) is 28.6. The number of pyridine rings is 1. The number of rotatable bonds is 6. The fourth-order valence-corrected chi connectivity index (χ4v) is 4.21. The number of nitrogens with one attached hydrogen (secondary N) is 3. The summed E-state index contributed by atoms with van der Waals surface area (Å²) in [5, 5.41) is 13.1.